The molecular formula is C61H70O19. The maximum Gasteiger partial charge on any atom is 0.343 e. The van der Waals surface area contributed by atoms with Crippen LogP contribution in [0.2, 0.25) is 0 Å². The van der Waals surface area contributed by atoms with Crippen LogP contribution in [-0.4, -0.2) is 94.2 Å². The average molecular weight is 1110 g/mol. The van der Waals surface area contributed by atoms with Gasteiger partial charge in [-0.1, -0.05) is 39.8 Å². The number of hydrogen-bond donors (Lipinski definition) is 0. The predicted molar refractivity (Wildman–Crippen MR) is 293 cm³/mol. The molecule has 428 valence electrons. The Kier molecular flexibility index (Phi) is 30.3. The van der Waals surface area contributed by atoms with Gasteiger partial charge in [0.15, 0.2) is 0 Å². The normalized spacial score (nSPS) is 13.1. The second-order valence-corrected chi connectivity index (χ2v) is 17.4. The second-order valence-electron chi connectivity index (χ2n) is 17.4. The molecule has 80 heavy (non-hydrogen) atoms. The lowest BCUT2D eigenvalue weighted by molar-refractivity contribution is -0.145. The number of benzene rings is 4. The van der Waals surface area contributed by atoms with E-state index in [4.69, 9.17) is 52.2 Å². The van der Waals surface area contributed by atoms with Crippen LogP contribution in [0.1, 0.15) is 132 Å². The minimum absolute atomic E-state index is 0.0187. The Morgan fingerprint density at radius 3 is 1.09 bits per heavy atom. The molecule has 0 unspecified atom stereocenters. The average Bonchev–Trinajstić information content (AvgIpc) is 3.48. The molecule has 19 nitrogen and oxygen atoms in total. The number of unbranched alkanes of at least 4 members (excludes halogenated alkanes) is 4. The van der Waals surface area contributed by atoms with E-state index in [1.165, 1.54) is 60.7 Å². The van der Waals surface area contributed by atoms with E-state index in [-0.39, 0.29) is 97.4 Å². The molecule has 1 saturated carbocycles. The van der Waals surface area contributed by atoms with Crippen LogP contribution in [0.5, 0.6) is 34.5 Å². The molecule has 0 aromatic heterocycles. The molecule has 0 bridgehead atoms. The standard InChI is InChI=1S/C58H64O18.C2H4.CH2O/c1-5-9-31-71-57(65)47-37-45(27-29-49(47)75-55(63)41-19-23-43(24-20-41)67-33-11-13-35-69-51(59)7-3)73-53(61)39-15-17-40(18-16-39)54(62)74-46-28-30-50(48(38-46)58(66)72-32-10-6-2)76-56(64)42-21-25-44(26-22-42)68-34-12-14-36-70-52(60)8-4;2*1-2/h7-8,19-30,37-40H,3-6,9-18,31-36H2,1-2H3;1-2H2;1H2. The van der Waals surface area contributed by atoms with Crippen LogP contribution in [0.3, 0.4) is 0 Å². The third kappa shape index (κ3) is 22.6. The highest BCUT2D eigenvalue weighted by Gasteiger charge is 2.33. The van der Waals surface area contributed by atoms with Crippen molar-refractivity contribution in [2.24, 2.45) is 11.8 Å². The van der Waals surface area contributed by atoms with E-state index in [9.17, 15) is 38.4 Å². The molecule has 5 rings (SSSR count). The molecule has 0 atom stereocenters. The van der Waals surface area contributed by atoms with Gasteiger partial charge in [0.2, 0.25) is 0 Å². The maximum absolute atomic E-state index is 13.5. The zero-order valence-electron chi connectivity index (χ0n) is 45.4. The number of esters is 8. The van der Waals surface area contributed by atoms with Crippen molar-refractivity contribution in [1.82, 2.24) is 0 Å². The van der Waals surface area contributed by atoms with Gasteiger partial charge in [-0.3, -0.25) is 9.59 Å². The molecule has 0 saturated heterocycles. The van der Waals surface area contributed by atoms with Crippen molar-refractivity contribution in [2.45, 2.75) is 90.9 Å². The smallest absolute Gasteiger partial charge is 0.343 e. The van der Waals surface area contributed by atoms with Crippen molar-refractivity contribution in [3.8, 4) is 34.5 Å². The Balaban J connectivity index is 0.00000411. The van der Waals surface area contributed by atoms with Gasteiger partial charge in [0.1, 0.15) is 52.4 Å². The third-order valence-electron chi connectivity index (χ3n) is 11.7. The van der Waals surface area contributed by atoms with Crippen molar-refractivity contribution >= 4 is 54.5 Å². The van der Waals surface area contributed by atoms with Gasteiger partial charge in [-0.25, -0.2) is 28.8 Å². The van der Waals surface area contributed by atoms with E-state index < -0.39 is 59.6 Å². The van der Waals surface area contributed by atoms with Crippen molar-refractivity contribution in [1.29, 1.82) is 0 Å². The lowest BCUT2D eigenvalue weighted by Crippen LogP contribution is -2.30. The molecule has 1 fully saturated rings. The van der Waals surface area contributed by atoms with Crippen LogP contribution in [0.15, 0.2) is 123 Å². The summed E-state index contributed by atoms with van der Waals surface area (Å²) in [7, 11) is 0. The molecule has 4 aromatic carbocycles. The van der Waals surface area contributed by atoms with Crippen LogP contribution in [0.4, 0.5) is 0 Å². The molecular weight excluding hydrogens is 1040 g/mol. The first-order valence-corrected chi connectivity index (χ1v) is 26.1. The highest BCUT2D eigenvalue weighted by Crippen LogP contribution is 2.34. The zero-order valence-corrected chi connectivity index (χ0v) is 45.4. The number of ether oxygens (including phenoxy) is 10. The van der Waals surface area contributed by atoms with Crippen LogP contribution in [-0.2, 0) is 42.9 Å². The largest absolute Gasteiger partial charge is 0.494 e. The molecule has 1 aliphatic rings. The summed E-state index contributed by atoms with van der Waals surface area (Å²) < 4.78 is 54.9. The molecule has 0 spiro atoms. The van der Waals surface area contributed by atoms with Crippen molar-refractivity contribution in [3.05, 3.63) is 146 Å². The van der Waals surface area contributed by atoms with Gasteiger partial charge < -0.3 is 52.2 Å². The zero-order chi connectivity index (χ0) is 58.7. The van der Waals surface area contributed by atoms with Crippen molar-refractivity contribution < 1.29 is 90.5 Å². The van der Waals surface area contributed by atoms with E-state index in [2.05, 4.69) is 26.3 Å². The summed E-state index contributed by atoms with van der Waals surface area (Å²) in [6, 6.07) is 20.5. The van der Waals surface area contributed by atoms with Crippen molar-refractivity contribution in [3.63, 3.8) is 0 Å². The summed E-state index contributed by atoms with van der Waals surface area (Å²) >= 11 is 0. The molecule has 0 amide bonds. The fraction of sp³-hybridized carbons (Fsp3) is 0.361. The Hall–Kier alpha value is -8.87. The number of hydrogen-bond acceptors (Lipinski definition) is 19. The van der Waals surface area contributed by atoms with E-state index in [0.29, 0.717) is 63.2 Å². The fourth-order valence-electron chi connectivity index (χ4n) is 7.32. The van der Waals surface area contributed by atoms with E-state index >= 15 is 0 Å². The Morgan fingerprint density at radius 2 is 0.750 bits per heavy atom. The van der Waals surface area contributed by atoms with Gasteiger partial charge in [0.25, 0.3) is 0 Å². The first-order chi connectivity index (χ1) is 38.8. The van der Waals surface area contributed by atoms with E-state index in [1.807, 2.05) is 20.6 Å². The van der Waals surface area contributed by atoms with Crippen LogP contribution >= 0.6 is 0 Å². The molecule has 0 N–H and O–H groups in total. The molecule has 0 radical (unpaired) electrons. The Bertz CT molecular complexity index is 2480. The van der Waals surface area contributed by atoms with Gasteiger partial charge in [0.05, 0.1) is 62.6 Å². The topological polar surface area (TPSA) is 246 Å². The molecule has 1 aliphatic carbocycles. The minimum Gasteiger partial charge on any atom is -0.494 e. The van der Waals surface area contributed by atoms with Crippen LogP contribution < -0.4 is 28.4 Å². The maximum atomic E-state index is 13.5. The number of carbonyl (C=O) groups excluding carboxylic acids is 9. The summed E-state index contributed by atoms with van der Waals surface area (Å²) in [5, 5.41) is 0. The summed E-state index contributed by atoms with van der Waals surface area (Å²) in [5.41, 5.74) is 0.0956. The summed E-state index contributed by atoms with van der Waals surface area (Å²) in [6.07, 6.45) is 8.47. The first-order valence-electron chi connectivity index (χ1n) is 26.1. The Morgan fingerprint density at radius 1 is 0.425 bits per heavy atom. The minimum atomic E-state index is -0.781. The summed E-state index contributed by atoms with van der Waals surface area (Å²) in [6.45, 7) is 20.0. The second kappa shape index (κ2) is 37.0. The van der Waals surface area contributed by atoms with Gasteiger partial charge >= 0.3 is 47.8 Å². The summed E-state index contributed by atoms with van der Waals surface area (Å²) in [5.74, 6) is -5.59. The highest BCUT2D eigenvalue weighted by atomic mass is 16.6. The van der Waals surface area contributed by atoms with Crippen LogP contribution in [0, 0.1) is 11.8 Å². The number of carbonyl (C=O) groups is 9. The number of rotatable bonds is 30. The first kappa shape index (κ1) is 65.4. The Labute approximate surface area is 466 Å². The monoisotopic (exact) mass is 1110 g/mol. The van der Waals surface area contributed by atoms with Gasteiger partial charge in [0, 0.05) is 12.2 Å². The van der Waals surface area contributed by atoms with Crippen LogP contribution in [0.25, 0.3) is 0 Å². The quantitative estimate of drug-likeness (QED) is 0.0118. The summed E-state index contributed by atoms with van der Waals surface area (Å²) in [4.78, 5) is 110. The van der Waals surface area contributed by atoms with E-state index in [1.54, 1.807) is 24.3 Å². The van der Waals surface area contributed by atoms with E-state index in [0.717, 1.165) is 25.0 Å². The van der Waals surface area contributed by atoms with Gasteiger partial charge in [-0.05, 0) is 149 Å². The molecule has 0 aliphatic heterocycles. The van der Waals surface area contributed by atoms with Gasteiger partial charge in [-0.15, -0.1) is 13.2 Å². The molecule has 19 heteroatoms. The SMILES string of the molecule is C=C.C=CC(=O)OCCCCOc1ccc(C(=O)Oc2ccc(OC(=O)C3CCC(C(=O)Oc4ccc(OC(=O)c5ccc(OCCCCOC(=O)C=C)cc5)c(C(=O)OCCCC)c4)CC3)cc2C(=O)OCCCC)cc1.C=O. The predicted octanol–water partition coefficient (Wildman–Crippen LogP) is 10.7. The lowest BCUT2D eigenvalue weighted by atomic mass is 9.82. The molecule has 4 aromatic rings. The molecule has 0 heterocycles. The van der Waals surface area contributed by atoms with Gasteiger partial charge in [-0.2, -0.15) is 0 Å². The van der Waals surface area contributed by atoms with Crippen molar-refractivity contribution in [2.75, 3.05) is 39.6 Å². The third-order valence-corrected chi connectivity index (χ3v) is 11.7. The highest BCUT2D eigenvalue weighted by molar-refractivity contribution is 5.98. The fourth-order valence-corrected chi connectivity index (χ4v) is 7.32. The lowest BCUT2D eigenvalue weighted by Gasteiger charge is -2.26.